The van der Waals surface area contributed by atoms with Gasteiger partial charge in [0.1, 0.15) is 0 Å². The monoisotopic (exact) mass is 778 g/mol. The highest BCUT2D eigenvalue weighted by atomic mass is 35.5. The molecule has 274 valence electrons. The second kappa shape index (κ2) is 14.2. The molecule has 0 atom stereocenters. The van der Waals surface area contributed by atoms with Gasteiger partial charge in [0.05, 0.1) is 11.0 Å². The van der Waals surface area contributed by atoms with E-state index in [1.807, 2.05) is 11.3 Å². The second-order valence-electron chi connectivity index (χ2n) is 14.7. The van der Waals surface area contributed by atoms with Crippen molar-refractivity contribution < 1.29 is 0 Å². The number of hydrogen-bond acceptors (Lipinski definition) is 2. The lowest BCUT2D eigenvalue weighted by molar-refractivity contribution is 1.19. The molecular weight excluding hydrogens is 744 g/mol. The van der Waals surface area contributed by atoms with Crippen LogP contribution in [-0.2, 0) is 0 Å². The molecule has 0 amide bonds. The van der Waals surface area contributed by atoms with Gasteiger partial charge in [0, 0.05) is 64.3 Å². The zero-order valence-corrected chi connectivity index (χ0v) is 33.0. The minimum Gasteiger partial charge on any atom is -0.310 e. The van der Waals surface area contributed by atoms with Gasteiger partial charge in [-0.3, -0.25) is 0 Å². The predicted octanol–water partition coefficient (Wildman–Crippen LogP) is 16.3. The van der Waals surface area contributed by atoms with E-state index >= 15 is 0 Å². The maximum Gasteiger partial charge on any atom is 0.0634 e. The molecule has 11 aromatic rings. The Morgan fingerprint density at radius 1 is 0.414 bits per heavy atom. The molecule has 4 heteroatoms. The highest BCUT2D eigenvalue weighted by molar-refractivity contribution is 7.26. The van der Waals surface area contributed by atoms with Crippen LogP contribution in [0, 0.1) is 0 Å². The Kier molecular flexibility index (Phi) is 8.43. The number of fused-ring (bicyclic) bond motifs is 7. The van der Waals surface area contributed by atoms with E-state index in [9.17, 15) is 0 Å². The van der Waals surface area contributed by atoms with Gasteiger partial charge in [0.25, 0.3) is 0 Å². The first-order valence-corrected chi connectivity index (χ1v) is 20.7. The Morgan fingerprint density at radius 2 is 1.03 bits per heavy atom. The summed E-state index contributed by atoms with van der Waals surface area (Å²) >= 11 is 8.93. The van der Waals surface area contributed by atoms with E-state index in [0.29, 0.717) is 5.02 Å². The van der Waals surface area contributed by atoms with E-state index < -0.39 is 0 Å². The van der Waals surface area contributed by atoms with Crippen LogP contribution in [0.15, 0.2) is 212 Å². The van der Waals surface area contributed by atoms with Crippen molar-refractivity contribution in [1.29, 1.82) is 0 Å². The minimum absolute atomic E-state index is 0.682. The van der Waals surface area contributed by atoms with Gasteiger partial charge in [-0.15, -0.1) is 11.3 Å². The maximum atomic E-state index is 7.05. The van der Waals surface area contributed by atoms with Crippen molar-refractivity contribution in [2.45, 2.75) is 0 Å². The summed E-state index contributed by atoms with van der Waals surface area (Å²) in [5.74, 6) is 0. The number of nitrogens with zero attached hydrogens (tertiary/aromatic N) is 2. The summed E-state index contributed by atoms with van der Waals surface area (Å²) in [4.78, 5) is 2.28. The van der Waals surface area contributed by atoms with E-state index in [-0.39, 0.29) is 0 Å². The first-order valence-electron chi connectivity index (χ1n) is 19.5. The molecule has 0 saturated heterocycles. The average Bonchev–Trinajstić information content (AvgIpc) is 3.83. The molecular formula is C54H35ClN2S. The molecule has 2 nitrogen and oxygen atoms in total. The summed E-state index contributed by atoms with van der Waals surface area (Å²) in [5.41, 5.74) is 13.7. The van der Waals surface area contributed by atoms with Crippen molar-refractivity contribution in [1.82, 2.24) is 4.57 Å². The third kappa shape index (κ3) is 5.87. The van der Waals surface area contributed by atoms with E-state index in [1.165, 1.54) is 64.2 Å². The SMILES string of the molecule is Clc1cc(-c2cccc(-c3cc4c5ccccc5n(-c5ccccc5)c4c4c3sc3ccccc34)c2)cc(N(c2ccccc2)c2ccc(-c3ccccc3)cc2)c1. The average molecular weight is 779 g/mol. The summed E-state index contributed by atoms with van der Waals surface area (Å²) < 4.78 is 5.02. The lowest BCUT2D eigenvalue weighted by atomic mass is 9.95. The van der Waals surface area contributed by atoms with Crippen molar-refractivity contribution in [3.8, 4) is 39.1 Å². The topological polar surface area (TPSA) is 8.17 Å². The van der Waals surface area contributed by atoms with E-state index in [0.717, 1.165) is 33.9 Å². The van der Waals surface area contributed by atoms with Gasteiger partial charge in [-0.25, -0.2) is 0 Å². The van der Waals surface area contributed by atoms with Crippen LogP contribution < -0.4 is 4.90 Å². The number of thiophene rings is 1. The maximum absolute atomic E-state index is 7.05. The predicted molar refractivity (Wildman–Crippen MR) is 250 cm³/mol. The molecule has 0 aliphatic rings. The molecule has 9 aromatic carbocycles. The molecule has 0 N–H and O–H groups in total. The Hall–Kier alpha value is -6.91. The summed E-state index contributed by atoms with van der Waals surface area (Å²) in [6.07, 6.45) is 0. The molecule has 0 aliphatic heterocycles. The molecule has 11 rings (SSSR count). The zero-order chi connectivity index (χ0) is 38.6. The highest BCUT2D eigenvalue weighted by Gasteiger charge is 2.22. The van der Waals surface area contributed by atoms with Gasteiger partial charge in [-0.1, -0.05) is 145 Å². The van der Waals surface area contributed by atoms with Crippen LogP contribution in [0.3, 0.4) is 0 Å². The number of hydrogen-bond donors (Lipinski definition) is 0. The number of anilines is 3. The highest BCUT2D eigenvalue weighted by Crippen LogP contribution is 2.48. The minimum atomic E-state index is 0.682. The van der Waals surface area contributed by atoms with Crippen molar-refractivity contribution in [3.05, 3.63) is 217 Å². The Balaban J connectivity index is 1.08. The van der Waals surface area contributed by atoms with Crippen molar-refractivity contribution in [2.75, 3.05) is 4.90 Å². The fourth-order valence-electron chi connectivity index (χ4n) is 8.59. The Bertz CT molecular complexity index is 3280. The third-order valence-electron chi connectivity index (χ3n) is 11.2. The standard InChI is InChI=1S/C54H35ClN2S/c55-41-32-40(33-45(34-41)56(42-19-6-2-7-20-42)44-29-27-37(28-30-44)36-15-4-1-5-16-36)38-17-14-18-39(31-38)48-35-49-46-23-10-12-25-50(46)57(43-21-8-3-9-22-43)53(49)52-47-24-11-13-26-51(47)58-54(48)52/h1-35H. The van der Waals surface area contributed by atoms with Gasteiger partial charge >= 0.3 is 0 Å². The molecule has 0 radical (unpaired) electrons. The van der Waals surface area contributed by atoms with Crippen LogP contribution in [0.4, 0.5) is 17.1 Å². The van der Waals surface area contributed by atoms with Crippen molar-refractivity contribution in [3.63, 3.8) is 0 Å². The normalized spacial score (nSPS) is 11.5. The molecule has 0 saturated carbocycles. The summed E-state index contributed by atoms with van der Waals surface area (Å²) in [5, 5.41) is 5.75. The van der Waals surface area contributed by atoms with Gasteiger partial charge < -0.3 is 9.47 Å². The molecule has 0 spiro atoms. The third-order valence-corrected chi connectivity index (χ3v) is 12.6. The molecule has 0 bridgehead atoms. The van der Waals surface area contributed by atoms with E-state index in [4.69, 9.17) is 11.6 Å². The molecule has 0 fully saturated rings. The number of halogens is 1. The van der Waals surface area contributed by atoms with E-state index in [1.54, 1.807) is 0 Å². The smallest absolute Gasteiger partial charge is 0.0634 e. The Labute approximate surface area is 346 Å². The molecule has 2 aromatic heterocycles. The van der Waals surface area contributed by atoms with Gasteiger partial charge in [0.15, 0.2) is 0 Å². The summed E-state index contributed by atoms with van der Waals surface area (Å²) in [6, 6.07) is 76.0. The van der Waals surface area contributed by atoms with Crippen LogP contribution >= 0.6 is 22.9 Å². The largest absolute Gasteiger partial charge is 0.310 e. The lowest BCUT2D eigenvalue weighted by Crippen LogP contribution is -2.10. The molecule has 0 aliphatic carbocycles. The first-order chi connectivity index (χ1) is 28.7. The number of aromatic nitrogens is 1. The molecule has 2 heterocycles. The number of para-hydroxylation sites is 3. The van der Waals surface area contributed by atoms with Crippen molar-refractivity contribution in [2.24, 2.45) is 0 Å². The van der Waals surface area contributed by atoms with Gasteiger partial charge in [-0.05, 0) is 107 Å². The van der Waals surface area contributed by atoms with Crippen LogP contribution in [-0.4, -0.2) is 4.57 Å². The molecule has 0 unspecified atom stereocenters. The fraction of sp³-hybridized carbons (Fsp3) is 0. The summed E-state index contributed by atoms with van der Waals surface area (Å²) in [7, 11) is 0. The van der Waals surface area contributed by atoms with Crippen LogP contribution in [0.2, 0.25) is 5.02 Å². The Morgan fingerprint density at radius 3 is 1.83 bits per heavy atom. The van der Waals surface area contributed by atoms with Crippen LogP contribution in [0.5, 0.6) is 0 Å². The van der Waals surface area contributed by atoms with Crippen LogP contribution in [0.25, 0.3) is 81.0 Å². The fourth-order valence-corrected chi connectivity index (χ4v) is 10.1. The number of rotatable bonds is 7. The number of benzene rings is 9. The zero-order valence-electron chi connectivity index (χ0n) is 31.4. The first kappa shape index (κ1) is 34.3. The molecule has 58 heavy (non-hydrogen) atoms. The van der Waals surface area contributed by atoms with Crippen LogP contribution in [0.1, 0.15) is 0 Å². The summed E-state index contributed by atoms with van der Waals surface area (Å²) in [6.45, 7) is 0. The van der Waals surface area contributed by atoms with E-state index in [2.05, 4.69) is 222 Å². The second-order valence-corrected chi connectivity index (χ2v) is 16.2. The van der Waals surface area contributed by atoms with Crippen molar-refractivity contribution >= 4 is 82.0 Å². The van der Waals surface area contributed by atoms with Gasteiger partial charge in [-0.2, -0.15) is 0 Å². The quantitative estimate of drug-likeness (QED) is 0.156. The van der Waals surface area contributed by atoms with Gasteiger partial charge in [0.2, 0.25) is 0 Å². The lowest BCUT2D eigenvalue weighted by Gasteiger charge is -2.26.